The number of halogens is 1. The van der Waals surface area contributed by atoms with Gasteiger partial charge in [-0.15, -0.1) is 0 Å². The van der Waals surface area contributed by atoms with Crippen molar-refractivity contribution in [1.82, 2.24) is 20.2 Å². The van der Waals surface area contributed by atoms with E-state index < -0.39 is 11.8 Å². The van der Waals surface area contributed by atoms with Crippen molar-refractivity contribution in [1.29, 1.82) is 0 Å². The number of nitrogen functional groups attached to an aromatic ring is 2. The number of amides is 2. The van der Waals surface area contributed by atoms with Crippen LogP contribution in [0.2, 0.25) is 5.15 Å². The van der Waals surface area contributed by atoms with Crippen LogP contribution in [-0.2, 0) is 11.2 Å². The first kappa shape index (κ1) is 23.6. The smallest absolute Gasteiger partial charge is 0.274 e. The maximum Gasteiger partial charge on any atom is 0.274 e. The summed E-state index contributed by atoms with van der Waals surface area (Å²) in [6.07, 6.45) is 3.76. The number of ether oxygens (including phenoxy) is 1. The van der Waals surface area contributed by atoms with Gasteiger partial charge in [0.05, 0.1) is 0 Å². The maximum atomic E-state index is 12.6. The molecule has 0 spiro atoms. The van der Waals surface area contributed by atoms with Crippen LogP contribution < -0.4 is 27.3 Å². The molecule has 1 aliphatic heterocycles. The van der Waals surface area contributed by atoms with Gasteiger partial charge in [-0.1, -0.05) is 23.7 Å². The summed E-state index contributed by atoms with van der Waals surface area (Å²) in [6.45, 7) is 2.53. The van der Waals surface area contributed by atoms with Crippen molar-refractivity contribution >= 4 is 35.1 Å². The number of carbonyl (C=O) groups excluding carboxylic acids is 2. The molecule has 0 bridgehead atoms. The number of hydrogen-bond acceptors (Lipinski definition) is 8. The Morgan fingerprint density at radius 1 is 1.19 bits per heavy atom. The van der Waals surface area contributed by atoms with Gasteiger partial charge in [0.1, 0.15) is 5.75 Å². The molecular weight excluding hydrogens is 434 g/mol. The topological polar surface area (TPSA) is 162 Å². The van der Waals surface area contributed by atoms with Crippen LogP contribution >= 0.6 is 11.6 Å². The van der Waals surface area contributed by atoms with Crippen molar-refractivity contribution in [3.8, 4) is 5.75 Å². The molecule has 3 rings (SSSR count). The molecule has 7 N–H and O–H groups in total. The molecule has 1 aromatic carbocycles. The number of likely N-dealkylation sites (tertiary alicyclic amines) is 1. The van der Waals surface area contributed by atoms with Crippen molar-refractivity contribution in [3.63, 3.8) is 0 Å². The van der Waals surface area contributed by atoms with E-state index in [0.717, 1.165) is 45.3 Å². The highest BCUT2D eigenvalue weighted by molar-refractivity contribution is 6.31. The Balaban J connectivity index is 1.44. The Kier molecular flexibility index (Phi) is 8.07. The van der Waals surface area contributed by atoms with Gasteiger partial charge < -0.3 is 32.2 Å². The zero-order valence-corrected chi connectivity index (χ0v) is 18.5. The van der Waals surface area contributed by atoms with E-state index in [1.165, 1.54) is 5.56 Å². The van der Waals surface area contributed by atoms with Crippen LogP contribution in [0.5, 0.6) is 5.75 Å². The van der Waals surface area contributed by atoms with Crippen molar-refractivity contribution in [2.45, 2.75) is 31.7 Å². The van der Waals surface area contributed by atoms with Crippen molar-refractivity contribution < 1.29 is 14.3 Å². The first-order valence-corrected chi connectivity index (χ1v) is 10.8. The number of aromatic nitrogens is 2. The second-order valence-corrected chi connectivity index (χ2v) is 8.11. The molecule has 1 unspecified atom stereocenters. The Labute approximate surface area is 191 Å². The molecule has 10 nitrogen and oxygen atoms in total. The van der Waals surface area contributed by atoms with Gasteiger partial charge in [-0.25, -0.2) is 9.97 Å². The van der Waals surface area contributed by atoms with E-state index in [4.69, 9.17) is 33.5 Å². The summed E-state index contributed by atoms with van der Waals surface area (Å²) in [4.78, 5) is 33.5. The van der Waals surface area contributed by atoms with Crippen molar-refractivity contribution in [2.24, 2.45) is 5.73 Å². The normalized spacial score (nSPS) is 16.5. The fourth-order valence-electron chi connectivity index (χ4n) is 3.65. The first-order chi connectivity index (χ1) is 15.3. The molecular formula is C21H28ClN7O3. The number of nitrogens with one attached hydrogen (secondary N) is 1. The second kappa shape index (κ2) is 11.0. The third-order valence-corrected chi connectivity index (χ3v) is 5.48. The summed E-state index contributed by atoms with van der Waals surface area (Å²) in [7, 11) is 0. The second-order valence-electron chi connectivity index (χ2n) is 7.75. The number of piperidine rings is 1. The summed E-state index contributed by atoms with van der Waals surface area (Å²) < 4.78 is 5.27. The monoisotopic (exact) mass is 461 g/mol. The van der Waals surface area contributed by atoms with Gasteiger partial charge in [-0.3, -0.25) is 9.59 Å². The minimum atomic E-state index is -0.501. The molecule has 0 radical (unpaired) electrons. The van der Waals surface area contributed by atoms with E-state index in [1.54, 1.807) is 0 Å². The van der Waals surface area contributed by atoms with E-state index in [2.05, 4.69) is 20.2 Å². The number of benzene rings is 1. The summed E-state index contributed by atoms with van der Waals surface area (Å²) in [5, 5.41) is 2.94. The Morgan fingerprint density at radius 2 is 1.94 bits per heavy atom. The molecule has 0 saturated carbocycles. The van der Waals surface area contributed by atoms with Crippen LogP contribution in [0.1, 0.15) is 35.3 Å². The third-order valence-electron chi connectivity index (χ3n) is 5.20. The molecule has 2 amide bonds. The number of anilines is 2. The molecule has 172 valence electrons. The van der Waals surface area contributed by atoms with E-state index in [0.29, 0.717) is 5.75 Å². The van der Waals surface area contributed by atoms with E-state index in [1.807, 2.05) is 24.3 Å². The molecule has 1 atom stereocenters. The standard InChI is InChI=1S/C21H28ClN7O3/c22-18-20(25)28-19(24)17(27-18)21(31)26-14-4-2-10-29(11-14)9-1-3-13-5-7-15(8-6-13)32-12-16(23)30/h5-8,14H,1-4,9-12H2,(H2,23,30)(H,26,31)(H4,24,25,28). The number of carbonyl (C=O) groups is 2. The lowest BCUT2D eigenvalue weighted by Crippen LogP contribution is -2.48. The average Bonchev–Trinajstić information content (AvgIpc) is 2.76. The molecule has 32 heavy (non-hydrogen) atoms. The van der Waals surface area contributed by atoms with Gasteiger partial charge in [-0.05, 0) is 56.5 Å². The van der Waals surface area contributed by atoms with Gasteiger partial charge in [0.25, 0.3) is 11.8 Å². The minimum absolute atomic E-state index is 0.00242. The Bertz CT molecular complexity index is 955. The van der Waals surface area contributed by atoms with Crippen LogP contribution in [0.15, 0.2) is 24.3 Å². The highest BCUT2D eigenvalue weighted by atomic mass is 35.5. The Morgan fingerprint density at radius 3 is 2.66 bits per heavy atom. The first-order valence-electron chi connectivity index (χ1n) is 10.4. The number of rotatable bonds is 9. The number of primary amides is 1. The predicted molar refractivity (Wildman–Crippen MR) is 122 cm³/mol. The number of nitrogens with two attached hydrogens (primary N) is 3. The van der Waals surface area contributed by atoms with E-state index >= 15 is 0 Å². The highest BCUT2D eigenvalue weighted by Gasteiger charge is 2.24. The Hall–Kier alpha value is -3.11. The highest BCUT2D eigenvalue weighted by Crippen LogP contribution is 2.19. The van der Waals surface area contributed by atoms with Crippen LogP contribution in [0.4, 0.5) is 11.6 Å². The SMILES string of the molecule is NC(=O)COc1ccc(CCCN2CCCC(NC(=O)c3nc(Cl)c(N)nc3N)C2)cc1. The third kappa shape index (κ3) is 6.69. The van der Waals surface area contributed by atoms with Gasteiger partial charge in [0.15, 0.2) is 29.1 Å². The van der Waals surface area contributed by atoms with E-state index in [-0.39, 0.29) is 35.1 Å². The average molecular weight is 462 g/mol. The lowest BCUT2D eigenvalue weighted by Gasteiger charge is -2.33. The van der Waals surface area contributed by atoms with Crippen molar-refractivity contribution in [2.75, 3.05) is 37.7 Å². The molecule has 1 aliphatic rings. The number of hydrogen-bond donors (Lipinski definition) is 4. The molecule has 11 heteroatoms. The molecule has 1 saturated heterocycles. The molecule has 0 aliphatic carbocycles. The van der Waals surface area contributed by atoms with E-state index in [9.17, 15) is 9.59 Å². The van der Waals surface area contributed by atoms with Crippen LogP contribution in [0, 0.1) is 0 Å². The minimum Gasteiger partial charge on any atom is -0.484 e. The number of aryl methyl sites for hydroxylation is 1. The maximum absolute atomic E-state index is 12.6. The van der Waals surface area contributed by atoms with Gasteiger partial charge in [0, 0.05) is 12.6 Å². The fourth-order valence-corrected chi connectivity index (χ4v) is 3.78. The van der Waals surface area contributed by atoms with Crippen LogP contribution in [0.25, 0.3) is 0 Å². The summed E-state index contributed by atoms with van der Waals surface area (Å²) in [5.41, 5.74) is 17.6. The lowest BCUT2D eigenvalue weighted by molar-refractivity contribution is -0.119. The largest absolute Gasteiger partial charge is 0.484 e. The van der Waals surface area contributed by atoms with Crippen LogP contribution in [-0.4, -0.2) is 59.0 Å². The van der Waals surface area contributed by atoms with Crippen LogP contribution in [0.3, 0.4) is 0 Å². The van der Waals surface area contributed by atoms with Gasteiger partial charge in [-0.2, -0.15) is 0 Å². The number of nitrogens with zero attached hydrogens (tertiary/aromatic N) is 3. The van der Waals surface area contributed by atoms with Gasteiger partial charge >= 0.3 is 0 Å². The lowest BCUT2D eigenvalue weighted by atomic mass is 10.0. The zero-order chi connectivity index (χ0) is 23.1. The molecule has 2 heterocycles. The molecule has 1 aromatic heterocycles. The summed E-state index contributed by atoms with van der Waals surface area (Å²) in [6, 6.07) is 7.64. The molecule has 2 aromatic rings. The summed E-state index contributed by atoms with van der Waals surface area (Å²) in [5.74, 6) is -0.323. The zero-order valence-electron chi connectivity index (χ0n) is 17.7. The predicted octanol–water partition coefficient (Wildman–Crippen LogP) is 0.986. The summed E-state index contributed by atoms with van der Waals surface area (Å²) >= 11 is 5.87. The van der Waals surface area contributed by atoms with Gasteiger partial charge in [0.2, 0.25) is 0 Å². The quantitative estimate of drug-likeness (QED) is 0.429. The van der Waals surface area contributed by atoms with Crippen molar-refractivity contribution in [3.05, 3.63) is 40.7 Å². The molecule has 1 fully saturated rings. The fraction of sp³-hybridized carbons (Fsp3) is 0.429.